The monoisotopic (exact) mass is 489 g/mol. The third-order valence-corrected chi connectivity index (χ3v) is 3.67. The molecule has 0 bridgehead atoms. The Labute approximate surface area is 177 Å². The molecular formula is C19H29FIN5O. The van der Waals surface area contributed by atoms with Gasteiger partial charge in [0.1, 0.15) is 17.7 Å². The van der Waals surface area contributed by atoms with Crippen LogP contribution in [-0.2, 0) is 6.54 Å². The molecule has 1 heterocycles. The van der Waals surface area contributed by atoms with Gasteiger partial charge in [0.2, 0.25) is 0 Å². The van der Waals surface area contributed by atoms with Crippen LogP contribution in [0, 0.1) is 11.7 Å². The summed E-state index contributed by atoms with van der Waals surface area (Å²) in [7, 11) is 0. The lowest BCUT2D eigenvalue weighted by Crippen LogP contribution is -2.42. The molecule has 0 spiro atoms. The number of aromatic nitrogens is 2. The van der Waals surface area contributed by atoms with Crippen LogP contribution in [-0.4, -0.2) is 41.5 Å². The first-order chi connectivity index (χ1) is 12.6. The maximum atomic E-state index is 12.9. The van der Waals surface area contributed by atoms with Gasteiger partial charge >= 0.3 is 0 Å². The maximum Gasteiger partial charge on any atom is 0.191 e. The highest BCUT2D eigenvalue weighted by atomic mass is 127. The van der Waals surface area contributed by atoms with E-state index in [2.05, 4.69) is 27.6 Å². The summed E-state index contributed by atoms with van der Waals surface area (Å²) in [6, 6.07) is 7.96. The van der Waals surface area contributed by atoms with Gasteiger partial charge in [0.15, 0.2) is 5.96 Å². The largest absolute Gasteiger partial charge is 0.489 e. The minimum absolute atomic E-state index is 0. The van der Waals surface area contributed by atoms with E-state index in [-0.39, 0.29) is 35.9 Å². The minimum Gasteiger partial charge on any atom is -0.489 e. The number of hydrogen-bond acceptors (Lipinski definition) is 3. The number of ether oxygens (including phenoxy) is 1. The molecule has 2 N–H and O–H groups in total. The van der Waals surface area contributed by atoms with E-state index >= 15 is 0 Å². The van der Waals surface area contributed by atoms with Gasteiger partial charge in [-0.25, -0.2) is 4.39 Å². The number of rotatable bonds is 9. The van der Waals surface area contributed by atoms with Crippen molar-refractivity contribution in [1.82, 2.24) is 20.4 Å². The summed E-state index contributed by atoms with van der Waals surface area (Å²) in [6.45, 7) is 9.05. The molecule has 0 saturated carbocycles. The SMILES string of the molecule is CCNC(=NCC(C)Cn1cccn1)NCC(C)Oc1ccc(F)cc1.I. The van der Waals surface area contributed by atoms with Crippen molar-refractivity contribution in [2.24, 2.45) is 10.9 Å². The van der Waals surface area contributed by atoms with Crippen LogP contribution >= 0.6 is 24.0 Å². The molecule has 0 radical (unpaired) electrons. The van der Waals surface area contributed by atoms with Gasteiger partial charge in [0.05, 0.1) is 6.54 Å². The second-order valence-electron chi connectivity index (χ2n) is 6.32. The van der Waals surface area contributed by atoms with E-state index in [0.29, 0.717) is 24.8 Å². The first kappa shape index (κ1) is 23.2. The zero-order chi connectivity index (χ0) is 18.8. The lowest BCUT2D eigenvalue weighted by Gasteiger charge is -2.18. The van der Waals surface area contributed by atoms with Crippen LogP contribution in [0.2, 0.25) is 0 Å². The van der Waals surface area contributed by atoms with Crippen LogP contribution < -0.4 is 15.4 Å². The van der Waals surface area contributed by atoms with Gasteiger partial charge in [0.25, 0.3) is 0 Å². The number of halogens is 2. The van der Waals surface area contributed by atoms with Gasteiger partial charge < -0.3 is 15.4 Å². The maximum absolute atomic E-state index is 12.9. The summed E-state index contributed by atoms with van der Waals surface area (Å²) in [4.78, 5) is 4.63. The van der Waals surface area contributed by atoms with Gasteiger partial charge in [-0.3, -0.25) is 9.67 Å². The van der Waals surface area contributed by atoms with Gasteiger partial charge in [-0.05, 0) is 50.1 Å². The van der Waals surface area contributed by atoms with Crippen molar-refractivity contribution in [3.8, 4) is 5.75 Å². The van der Waals surface area contributed by atoms with E-state index in [4.69, 9.17) is 4.74 Å². The Balaban J connectivity index is 0.00000364. The number of benzene rings is 1. The average Bonchev–Trinajstić information content (AvgIpc) is 3.12. The molecule has 150 valence electrons. The van der Waals surface area contributed by atoms with Gasteiger partial charge in [-0.2, -0.15) is 5.10 Å². The van der Waals surface area contributed by atoms with Crippen LogP contribution in [0.3, 0.4) is 0 Å². The van der Waals surface area contributed by atoms with Crippen LogP contribution in [0.5, 0.6) is 5.75 Å². The fourth-order valence-corrected chi connectivity index (χ4v) is 2.40. The molecule has 0 amide bonds. The van der Waals surface area contributed by atoms with Crippen molar-refractivity contribution in [2.45, 2.75) is 33.4 Å². The third-order valence-electron chi connectivity index (χ3n) is 3.67. The molecule has 2 aromatic rings. The van der Waals surface area contributed by atoms with E-state index in [0.717, 1.165) is 19.0 Å². The Kier molecular flexibility index (Phi) is 10.8. The standard InChI is InChI=1S/C19H28FN5O.HI/c1-4-21-19(22-12-15(2)14-25-11-5-10-24-25)23-13-16(3)26-18-8-6-17(20)7-9-18;/h5-11,15-16H,4,12-14H2,1-3H3,(H2,21,22,23);1H. The average molecular weight is 489 g/mol. The second kappa shape index (κ2) is 12.5. The summed E-state index contributed by atoms with van der Waals surface area (Å²) in [5.74, 6) is 1.51. The summed E-state index contributed by atoms with van der Waals surface area (Å²) < 4.78 is 20.6. The highest BCUT2D eigenvalue weighted by molar-refractivity contribution is 14.0. The van der Waals surface area contributed by atoms with Crippen molar-refractivity contribution in [1.29, 1.82) is 0 Å². The minimum atomic E-state index is -0.270. The summed E-state index contributed by atoms with van der Waals surface area (Å²) in [6.07, 6.45) is 3.66. The van der Waals surface area contributed by atoms with Crippen molar-refractivity contribution in [3.63, 3.8) is 0 Å². The van der Waals surface area contributed by atoms with Crippen molar-refractivity contribution in [2.75, 3.05) is 19.6 Å². The van der Waals surface area contributed by atoms with Crippen LogP contribution in [0.25, 0.3) is 0 Å². The van der Waals surface area contributed by atoms with Gasteiger partial charge in [-0.1, -0.05) is 6.92 Å². The molecule has 0 aliphatic carbocycles. The molecule has 27 heavy (non-hydrogen) atoms. The highest BCUT2D eigenvalue weighted by Gasteiger charge is 2.07. The molecule has 2 atom stereocenters. The van der Waals surface area contributed by atoms with Crippen LogP contribution in [0.1, 0.15) is 20.8 Å². The van der Waals surface area contributed by atoms with E-state index in [1.807, 2.05) is 30.8 Å². The molecule has 1 aromatic carbocycles. The molecule has 2 rings (SSSR count). The topological polar surface area (TPSA) is 63.5 Å². The molecule has 0 aliphatic heterocycles. The first-order valence-electron chi connectivity index (χ1n) is 8.98. The number of aliphatic imine (C=N–C) groups is 1. The highest BCUT2D eigenvalue weighted by Crippen LogP contribution is 2.12. The molecule has 1 aromatic heterocycles. The van der Waals surface area contributed by atoms with Crippen molar-refractivity contribution in [3.05, 3.63) is 48.5 Å². The smallest absolute Gasteiger partial charge is 0.191 e. The Morgan fingerprint density at radius 3 is 2.63 bits per heavy atom. The second-order valence-corrected chi connectivity index (χ2v) is 6.32. The predicted molar refractivity (Wildman–Crippen MR) is 117 cm³/mol. The quantitative estimate of drug-likeness (QED) is 0.323. The Morgan fingerprint density at radius 1 is 1.26 bits per heavy atom. The third kappa shape index (κ3) is 9.07. The molecule has 0 aliphatic rings. The van der Waals surface area contributed by atoms with E-state index in [1.165, 1.54) is 12.1 Å². The normalized spacial score (nSPS) is 13.4. The summed E-state index contributed by atoms with van der Waals surface area (Å²) in [5.41, 5.74) is 0. The summed E-state index contributed by atoms with van der Waals surface area (Å²) >= 11 is 0. The molecule has 8 heteroatoms. The predicted octanol–water partition coefficient (Wildman–Crippen LogP) is 3.30. The zero-order valence-electron chi connectivity index (χ0n) is 16.1. The summed E-state index contributed by atoms with van der Waals surface area (Å²) in [5, 5.41) is 10.7. The van der Waals surface area contributed by atoms with Crippen LogP contribution in [0.15, 0.2) is 47.7 Å². The Morgan fingerprint density at radius 2 is 2.00 bits per heavy atom. The lowest BCUT2D eigenvalue weighted by atomic mass is 10.2. The van der Waals surface area contributed by atoms with E-state index < -0.39 is 0 Å². The fourth-order valence-electron chi connectivity index (χ4n) is 2.40. The van der Waals surface area contributed by atoms with Crippen molar-refractivity contribution < 1.29 is 9.13 Å². The Bertz CT molecular complexity index is 663. The number of guanidine groups is 1. The molecule has 0 saturated heterocycles. The Hall–Kier alpha value is -1.84. The lowest BCUT2D eigenvalue weighted by molar-refractivity contribution is 0.223. The molecular weight excluding hydrogens is 460 g/mol. The van der Waals surface area contributed by atoms with Gasteiger partial charge in [0, 0.05) is 32.0 Å². The van der Waals surface area contributed by atoms with Gasteiger partial charge in [-0.15, -0.1) is 24.0 Å². The zero-order valence-corrected chi connectivity index (χ0v) is 18.4. The number of nitrogens with one attached hydrogen (secondary N) is 2. The van der Waals surface area contributed by atoms with Crippen LogP contribution in [0.4, 0.5) is 4.39 Å². The number of nitrogens with zero attached hydrogens (tertiary/aromatic N) is 3. The fraction of sp³-hybridized carbons (Fsp3) is 0.474. The molecule has 6 nitrogen and oxygen atoms in total. The van der Waals surface area contributed by atoms with Crippen molar-refractivity contribution >= 4 is 29.9 Å². The van der Waals surface area contributed by atoms with E-state index in [9.17, 15) is 4.39 Å². The number of hydrogen-bond donors (Lipinski definition) is 2. The molecule has 0 fully saturated rings. The van der Waals surface area contributed by atoms with E-state index in [1.54, 1.807) is 18.3 Å². The first-order valence-corrected chi connectivity index (χ1v) is 8.98. The molecule has 2 unspecified atom stereocenters.